The molecule has 168 valence electrons. The predicted molar refractivity (Wildman–Crippen MR) is 114 cm³/mol. The molecule has 3 N–H and O–H groups in total. The summed E-state index contributed by atoms with van der Waals surface area (Å²) in [6, 6.07) is 0. The van der Waals surface area contributed by atoms with Gasteiger partial charge < -0.3 is 20.5 Å². The maximum absolute atomic E-state index is 12.1. The number of carbonyl (C=O) groups is 3. The molecule has 0 aromatic rings. The molecule has 2 bridgehead atoms. The Morgan fingerprint density at radius 3 is 2.43 bits per heavy atom. The first-order valence-corrected chi connectivity index (χ1v) is 11.4. The number of rotatable bonds is 13. The fourth-order valence-electron chi connectivity index (χ4n) is 4.32. The number of carboxylic acids is 1. The normalized spacial score (nSPS) is 24.2. The second-order valence-electron chi connectivity index (χ2n) is 8.31. The van der Waals surface area contributed by atoms with Crippen LogP contribution in [0.5, 0.6) is 0 Å². The first-order valence-electron chi connectivity index (χ1n) is 11.4. The molecule has 7 heteroatoms. The van der Waals surface area contributed by atoms with Gasteiger partial charge in [0, 0.05) is 44.1 Å². The highest BCUT2D eigenvalue weighted by Gasteiger charge is 2.48. The van der Waals surface area contributed by atoms with Gasteiger partial charge in [-0.3, -0.25) is 14.4 Å². The molecule has 0 aromatic heterocycles. The van der Waals surface area contributed by atoms with Gasteiger partial charge in [-0.15, -0.1) is 11.8 Å². The Bertz CT molecular complexity index is 639. The Balaban J connectivity index is 1.67. The van der Waals surface area contributed by atoms with Crippen molar-refractivity contribution in [2.75, 3.05) is 13.1 Å². The van der Waals surface area contributed by atoms with E-state index in [9.17, 15) is 14.4 Å². The molecule has 0 radical (unpaired) electrons. The minimum Gasteiger partial charge on any atom is -0.481 e. The summed E-state index contributed by atoms with van der Waals surface area (Å²) >= 11 is 0. The van der Waals surface area contributed by atoms with Crippen molar-refractivity contribution < 1.29 is 24.2 Å². The van der Waals surface area contributed by atoms with Crippen molar-refractivity contribution in [1.82, 2.24) is 10.6 Å². The summed E-state index contributed by atoms with van der Waals surface area (Å²) in [4.78, 5) is 34.5. The van der Waals surface area contributed by atoms with Gasteiger partial charge in [-0.25, -0.2) is 0 Å². The van der Waals surface area contributed by atoms with Gasteiger partial charge in [-0.1, -0.05) is 26.2 Å². The van der Waals surface area contributed by atoms with Crippen LogP contribution in [0.4, 0.5) is 0 Å². The van der Waals surface area contributed by atoms with Crippen LogP contribution in [0.25, 0.3) is 0 Å². The summed E-state index contributed by atoms with van der Waals surface area (Å²) in [7, 11) is 0. The van der Waals surface area contributed by atoms with Gasteiger partial charge >= 0.3 is 5.97 Å². The van der Waals surface area contributed by atoms with Crippen molar-refractivity contribution in [3.8, 4) is 11.8 Å². The average Bonchev–Trinajstić information content (AvgIpc) is 3.32. The van der Waals surface area contributed by atoms with Crippen LogP contribution in [0.3, 0.4) is 0 Å². The number of unbranched alkanes of at least 4 members (excludes halogenated alkanes) is 4. The number of amides is 2. The van der Waals surface area contributed by atoms with Crippen LogP contribution in [0.2, 0.25) is 0 Å². The minimum absolute atomic E-state index is 0.0162. The molecule has 2 rings (SSSR count). The summed E-state index contributed by atoms with van der Waals surface area (Å²) in [5.41, 5.74) is 0. The van der Waals surface area contributed by atoms with Crippen LogP contribution in [0.15, 0.2) is 0 Å². The fraction of sp³-hybridized carbons (Fsp3) is 0.783. The van der Waals surface area contributed by atoms with Gasteiger partial charge in [0.15, 0.2) is 0 Å². The van der Waals surface area contributed by atoms with Crippen LogP contribution < -0.4 is 10.6 Å². The number of hydrogen-bond acceptors (Lipinski definition) is 4. The Morgan fingerprint density at radius 1 is 0.933 bits per heavy atom. The van der Waals surface area contributed by atoms with Gasteiger partial charge in [-0.05, 0) is 25.7 Å². The van der Waals surface area contributed by atoms with Gasteiger partial charge in [-0.2, -0.15) is 0 Å². The van der Waals surface area contributed by atoms with E-state index in [1.54, 1.807) is 0 Å². The molecule has 30 heavy (non-hydrogen) atoms. The number of fused-ring (bicyclic) bond motifs is 2. The lowest BCUT2D eigenvalue weighted by Crippen LogP contribution is -2.42. The number of aliphatic carboxylic acids is 1. The van der Waals surface area contributed by atoms with E-state index in [1.165, 1.54) is 0 Å². The second-order valence-corrected chi connectivity index (χ2v) is 8.31. The van der Waals surface area contributed by atoms with Crippen molar-refractivity contribution in [2.45, 2.75) is 89.8 Å². The van der Waals surface area contributed by atoms with E-state index in [4.69, 9.17) is 9.84 Å². The quantitative estimate of drug-likeness (QED) is 0.314. The SMILES string of the molecule is CCCCCCC(=O)NCC(=O)NC[C@H]1[C@@H](CC#CCCCC(=O)O)[C@H]2CC[C@@H]1O2. The molecule has 0 spiro atoms. The van der Waals surface area contributed by atoms with E-state index in [2.05, 4.69) is 29.4 Å². The van der Waals surface area contributed by atoms with Crippen LogP contribution >= 0.6 is 0 Å². The van der Waals surface area contributed by atoms with E-state index in [0.717, 1.165) is 38.5 Å². The van der Waals surface area contributed by atoms with Gasteiger partial charge in [0.2, 0.25) is 11.8 Å². The topological polar surface area (TPSA) is 105 Å². The third kappa shape index (κ3) is 8.35. The summed E-state index contributed by atoms with van der Waals surface area (Å²) in [5, 5.41) is 14.3. The maximum Gasteiger partial charge on any atom is 0.303 e. The van der Waals surface area contributed by atoms with Gasteiger partial charge in [0.1, 0.15) is 0 Å². The monoisotopic (exact) mass is 420 g/mol. The largest absolute Gasteiger partial charge is 0.481 e. The van der Waals surface area contributed by atoms with Crippen LogP contribution in [-0.4, -0.2) is 48.2 Å². The first-order chi connectivity index (χ1) is 14.5. The summed E-state index contributed by atoms with van der Waals surface area (Å²) in [6.07, 6.45) is 9.09. The summed E-state index contributed by atoms with van der Waals surface area (Å²) < 4.78 is 6.04. The minimum atomic E-state index is -0.790. The molecule has 0 aromatic carbocycles. The van der Waals surface area contributed by atoms with Crippen molar-refractivity contribution in [1.29, 1.82) is 0 Å². The molecule has 2 aliphatic rings. The van der Waals surface area contributed by atoms with E-state index in [0.29, 0.717) is 38.1 Å². The Morgan fingerprint density at radius 2 is 1.70 bits per heavy atom. The summed E-state index contributed by atoms with van der Waals surface area (Å²) in [6.45, 7) is 2.69. The molecule has 2 heterocycles. The lowest BCUT2D eigenvalue weighted by molar-refractivity contribution is -0.137. The van der Waals surface area contributed by atoms with Gasteiger partial charge in [0.25, 0.3) is 0 Å². The molecular formula is C23H36N2O5. The molecule has 2 saturated heterocycles. The van der Waals surface area contributed by atoms with Crippen LogP contribution in [0, 0.1) is 23.7 Å². The fourth-order valence-corrected chi connectivity index (χ4v) is 4.32. The number of carbonyl (C=O) groups excluding carboxylic acids is 2. The third-order valence-electron chi connectivity index (χ3n) is 5.98. The molecule has 0 aliphatic carbocycles. The third-order valence-corrected chi connectivity index (χ3v) is 5.98. The number of nitrogens with one attached hydrogen (secondary N) is 2. The zero-order valence-corrected chi connectivity index (χ0v) is 18.1. The van der Waals surface area contributed by atoms with Crippen LogP contribution in [0.1, 0.15) is 77.6 Å². The highest BCUT2D eigenvalue weighted by molar-refractivity contribution is 5.84. The molecular weight excluding hydrogens is 384 g/mol. The van der Waals surface area contributed by atoms with Crippen molar-refractivity contribution >= 4 is 17.8 Å². The van der Waals surface area contributed by atoms with Crippen molar-refractivity contribution in [2.24, 2.45) is 11.8 Å². The summed E-state index contributed by atoms with van der Waals surface area (Å²) in [5.74, 6) is 5.76. The maximum atomic E-state index is 12.1. The molecule has 2 fully saturated rings. The number of hydrogen-bond donors (Lipinski definition) is 3. The average molecular weight is 421 g/mol. The lowest BCUT2D eigenvalue weighted by atomic mass is 9.77. The molecule has 0 unspecified atom stereocenters. The highest BCUT2D eigenvalue weighted by atomic mass is 16.5. The zero-order chi connectivity index (χ0) is 21.8. The predicted octanol–water partition coefficient (Wildman–Crippen LogP) is 2.63. The van der Waals surface area contributed by atoms with E-state index in [1.807, 2.05) is 0 Å². The second kappa shape index (κ2) is 13.3. The van der Waals surface area contributed by atoms with E-state index >= 15 is 0 Å². The molecule has 7 nitrogen and oxygen atoms in total. The van der Waals surface area contributed by atoms with E-state index in [-0.39, 0.29) is 42.9 Å². The first kappa shape index (κ1) is 24.2. The Kier molecular flexibility index (Phi) is 10.7. The Hall–Kier alpha value is -2.07. The number of carboxylic acid groups (broad SMARTS) is 1. The molecule has 4 atom stereocenters. The van der Waals surface area contributed by atoms with Gasteiger partial charge in [0.05, 0.1) is 18.8 Å². The Labute approximate surface area is 179 Å². The van der Waals surface area contributed by atoms with E-state index < -0.39 is 5.97 Å². The molecule has 2 aliphatic heterocycles. The standard InChI is InChI=1S/C23H36N2O5/c1-2-3-4-8-11-21(26)25-16-22(27)24-15-18-17(19-13-14-20(18)30-19)10-7-5-6-9-12-23(28)29/h17-20H,2-4,6,8-16H2,1H3,(H,24,27)(H,25,26)(H,28,29)/t17-,18+,19-,20+/m1/s1. The molecule has 0 saturated carbocycles. The van der Waals surface area contributed by atoms with Crippen LogP contribution in [-0.2, 0) is 19.1 Å². The highest BCUT2D eigenvalue weighted by Crippen LogP contribution is 2.44. The smallest absolute Gasteiger partial charge is 0.303 e. The number of ether oxygens (including phenoxy) is 1. The lowest BCUT2D eigenvalue weighted by Gasteiger charge is -2.26. The van der Waals surface area contributed by atoms with Crippen molar-refractivity contribution in [3.63, 3.8) is 0 Å². The molecule has 2 amide bonds. The van der Waals surface area contributed by atoms with Crippen molar-refractivity contribution in [3.05, 3.63) is 0 Å². The zero-order valence-electron chi connectivity index (χ0n) is 18.1.